The molecule has 1 aromatic carbocycles. The third-order valence-electron chi connectivity index (χ3n) is 6.50. The number of rotatable bonds is 6. The van der Waals surface area contributed by atoms with Gasteiger partial charge in [-0.2, -0.15) is 5.10 Å². The van der Waals surface area contributed by atoms with Crippen LogP contribution >= 0.6 is 0 Å². The molecule has 178 valence electrons. The summed E-state index contributed by atoms with van der Waals surface area (Å²) < 4.78 is 28.4. The van der Waals surface area contributed by atoms with E-state index < -0.39 is 11.8 Å². The second-order valence-electron chi connectivity index (χ2n) is 9.04. The average Bonchev–Trinajstić information content (AvgIpc) is 2.80. The Balaban J connectivity index is 1.42. The Hall–Kier alpha value is -3.40. The van der Waals surface area contributed by atoms with Gasteiger partial charge >= 0.3 is 0 Å². The van der Waals surface area contributed by atoms with Gasteiger partial charge in [-0.15, -0.1) is 6.58 Å². The number of nitrogens with one attached hydrogen (secondary N) is 1. The van der Waals surface area contributed by atoms with Gasteiger partial charge < -0.3 is 15.1 Å². The zero-order valence-electron chi connectivity index (χ0n) is 19.0. The molecule has 5 rings (SSSR count). The highest BCUT2D eigenvalue weighted by molar-refractivity contribution is 5.81. The molecule has 10 heteroatoms. The van der Waals surface area contributed by atoms with E-state index in [0.717, 1.165) is 37.6 Å². The van der Waals surface area contributed by atoms with E-state index in [-0.39, 0.29) is 36.3 Å². The Morgan fingerprint density at radius 2 is 1.88 bits per heavy atom. The van der Waals surface area contributed by atoms with Crippen molar-refractivity contribution in [2.45, 2.75) is 31.2 Å². The number of piperazine rings is 1. The molecule has 1 aliphatic heterocycles. The van der Waals surface area contributed by atoms with Crippen molar-refractivity contribution in [3.05, 3.63) is 59.2 Å². The fourth-order valence-electron chi connectivity index (χ4n) is 4.48. The van der Waals surface area contributed by atoms with Crippen molar-refractivity contribution in [2.75, 3.05) is 43.4 Å². The molecular weight excluding hydrogens is 440 g/mol. The minimum absolute atomic E-state index is 0.185. The van der Waals surface area contributed by atoms with Crippen molar-refractivity contribution < 1.29 is 8.78 Å². The Bertz CT molecular complexity index is 1260. The molecule has 2 aromatic heterocycles. The Kier molecular flexibility index (Phi) is 5.76. The lowest BCUT2D eigenvalue weighted by Gasteiger charge is -2.34. The Labute approximate surface area is 195 Å². The number of hydrogen-bond donors (Lipinski definition) is 1. The highest BCUT2D eigenvalue weighted by Crippen LogP contribution is 2.48. The Morgan fingerprint density at radius 3 is 2.53 bits per heavy atom. The van der Waals surface area contributed by atoms with Crippen LogP contribution in [0.3, 0.4) is 0 Å². The van der Waals surface area contributed by atoms with Gasteiger partial charge in [-0.25, -0.2) is 23.4 Å². The quantitative estimate of drug-likeness (QED) is 0.557. The van der Waals surface area contributed by atoms with Crippen LogP contribution in [0.1, 0.15) is 24.5 Å². The fourth-order valence-corrected chi connectivity index (χ4v) is 4.48. The van der Waals surface area contributed by atoms with Crippen molar-refractivity contribution >= 4 is 28.2 Å². The normalized spacial score (nSPS) is 18.6. The van der Waals surface area contributed by atoms with Gasteiger partial charge in [0, 0.05) is 62.5 Å². The molecule has 0 atom stereocenters. The van der Waals surface area contributed by atoms with Crippen LogP contribution in [0.4, 0.5) is 26.1 Å². The van der Waals surface area contributed by atoms with Crippen LogP contribution in [0.25, 0.3) is 10.9 Å². The van der Waals surface area contributed by atoms with E-state index in [9.17, 15) is 13.6 Å². The van der Waals surface area contributed by atoms with Crippen LogP contribution in [-0.4, -0.2) is 63.8 Å². The third kappa shape index (κ3) is 4.37. The second kappa shape index (κ2) is 8.75. The SMILES string of the molecule is C=CCn1nc(C2CC(F)(F)C2)c2nc(Nc3ccc(N4CCN(C)CC4)cc3)ncc2c1=O. The minimum Gasteiger partial charge on any atom is -0.369 e. The second-order valence-corrected chi connectivity index (χ2v) is 9.04. The molecule has 0 unspecified atom stereocenters. The summed E-state index contributed by atoms with van der Waals surface area (Å²) >= 11 is 0. The highest BCUT2D eigenvalue weighted by Gasteiger charge is 2.47. The summed E-state index contributed by atoms with van der Waals surface area (Å²) in [6.07, 6.45) is 2.37. The van der Waals surface area contributed by atoms with Gasteiger partial charge in [0.05, 0.1) is 17.6 Å². The molecule has 0 amide bonds. The van der Waals surface area contributed by atoms with E-state index in [1.165, 1.54) is 10.9 Å². The van der Waals surface area contributed by atoms with Crippen molar-refractivity contribution in [1.29, 1.82) is 0 Å². The lowest BCUT2D eigenvalue weighted by molar-refractivity contribution is -0.0875. The van der Waals surface area contributed by atoms with E-state index in [0.29, 0.717) is 11.2 Å². The van der Waals surface area contributed by atoms with Crippen molar-refractivity contribution in [3.8, 4) is 0 Å². The first kappa shape index (κ1) is 22.4. The van der Waals surface area contributed by atoms with Gasteiger partial charge in [0.1, 0.15) is 5.52 Å². The maximum Gasteiger partial charge on any atom is 0.278 e. The highest BCUT2D eigenvalue weighted by atomic mass is 19.3. The van der Waals surface area contributed by atoms with Gasteiger partial charge in [0.2, 0.25) is 11.9 Å². The van der Waals surface area contributed by atoms with Crippen LogP contribution in [0.15, 0.2) is 47.9 Å². The summed E-state index contributed by atoms with van der Waals surface area (Å²) in [6.45, 7) is 7.85. The number of halogens is 2. The van der Waals surface area contributed by atoms with Crippen molar-refractivity contribution in [3.63, 3.8) is 0 Å². The monoisotopic (exact) mass is 467 g/mol. The van der Waals surface area contributed by atoms with E-state index in [2.05, 4.69) is 43.8 Å². The standard InChI is InChI=1S/C24H27F2N7O/c1-3-8-33-22(34)19-15-27-23(29-21(19)20(30-33)16-13-24(25,26)14-16)28-17-4-6-18(7-5-17)32-11-9-31(2)10-12-32/h3-7,15-16H,1,8-14H2,2H3,(H,27,28,29). The maximum absolute atomic E-state index is 13.6. The average molecular weight is 468 g/mol. The number of hydrogen-bond acceptors (Lipinski definition) is 7. The summed E-state index contributed by atoms with van der Waals surface area (Å²) in [5, 5.41) is 7.79. The number of nitrogens with zero attached hydrogens (tertiary/aromatic N) is 6. The molecule has 34 heavy (non-hydrogen) atoms. The number of likely N-dealkylation sites (N-methyl/N-ethyl adjacent to an activating group) is 1. The number of aromatic nitrogens is 4. The van der Waals surface area contributed by atoms with Crippen molar-refractivity contribution in [1.82, 2.24) is 24.6 Å². The number of anilines is 3. The number of alkyl halides is 2. The van der Waals surface area contributed by atoms with Gasteiger partial charge in [-0.05, 0) is 31.3 Å². The van der Waals surface area contributed by atoms with E-state index in [1.807, 2.05) is 24.3 Å². The number of fused-ring (bicyclic) bond motifs is 1. The van der Waals surface area contributed by atoms with Crippen LogP contribution in [-0.2, 0) is 6.54 Å². The van der Waals surface area contributed by atoms with E-state index in [4.69, 9.17) is 0 Å². The lowest BCUT2D eigenvalue weighted by atomic mass is 9.78. The summed E-state index contributed by atoms with van der Waals surface area (Å²) in [7, 11) is 2.13. The molecule has 1 N–H and O–H groups in total. The molecule has 3 heterocycles. The molecule has 8 nitrogen and oxygen atoms in total. The van der Waals surface area contributed by atoms with Crippen LogP contribution in [0, 0.1) is 0 Å². The number of allylic oxidation sites excluding steroid dienone is 1. The molecule has 1 saturated heterocycles. The fraction of sp³-hybridized carbons (Fsp3) is 0.417. The van der Waals surface area contributed by atoms with Crippen LogP contribution < -0.4 is 15.8 Å². The zero-order chi connectivity index (χ0) is 23.9. The predicted octanol–water partition coefficient (Wildman–Crippen LogP) is 3.38. The summed E-state index contributed by atoms with van der Waals surface area (Å²) in [4.78, 5) is 26.3. The summed E-state index contributed by atoms with van der Waals surface area (Å²) in [6, 6.07) is 8.00. The molecule has 0 bridgehead atoms. The van der Waals surface area contributed by atoms with Gasteiger partial charge in [-0.1, -0.05) is 6.08 Å². The van der Waals surface area contributed by atoms with Crippen LogP contribution in [0.2, 0.25) is 0 Å². The molecule has 2 fully saturated rings. The molecule has 1 aliphatic carbocycles. The van der Waals surface area contributed by atoms with Gasteiger partial charge in [0.25, 0.3) is 5.56 Å². The zero-order valence-corrected chi connectivity index (χ0v) is 19.0. The molecule has 2 aliphatic rings. The topological polar surface area (TPSA) is 79.2 Å². The first-order chi connectivity index (χ1) is 16.3. The molecule has 0 radical (unpaired) electrons. The summed E-state index contributed by atoms with van der Waals surface area (Å²) in [5.41, 5.74) is 2.29. The van der Waals surface area contributed by atoms with E-state index in [1.54, 1.807) is 6.08 Å². The smallest absolute Gasteiger partial charge is 0.278 e. The lowest BCUT2D eigenvalue weighted by Crippen LogP contribution is -2.44. The Morgan fingerprint density at radius 1 is 1.18 bits per heavy atom. The van der Waals surface area contributed by atoms with Crippen molar-refractivity contribution in [2.24, 2.45) is 0 Å². The molecular formula is C24H27F2N7O. The minimum atomic E-state index is -2.71. The molecule has 1 saturated carbocycles. The summed E-state index contributed by atoms with van der Waals surface area (Å²) in [5.74, 6) is -2.88. The van der Waals surface area contributed by atoms with Crippen LogP contribution in [0.5, 0.6) is 0 Å². The van der Waals surface area contributed by atoms with E-state index >= 15 is 0 Å². The molecule has 3 aromatic rings. The first-order valence-corrected chi connectivity index (χ1v) is 11.4. The van der Waals surface area contributed by atoms with Gasteiger partial charge in [0.15, 0.2) is 0 Å². The first-order valence-electron chi connectivity index (χ1n) is 11.4. The largest absolute Gasteiger partial charge is 0.369 e. The number of benzene rings is 1. The molecule has 0 spiro atoms. The predicted molar refractivity (Wildman–Crippen MR) is 128 cm³/mol. The third-order valence-corrected chi connectivity index (χ3v) is 6.50. The maximum atomic E-state index is 13.6. The van der Waals surface area contributed by atoms with Gasteiger partial charge in [-0.3, -0.25) is 4.79 Å².